The molecule has 1 N–H and O–H groups in total. The average Bonchev–Trinajstić information content (AvgIpc) is 3.56. The van der Waals surface area contributed by atoms with Gasteiger partial charge in [-0.2, -0.15) is 0 Å². The van der Waals surface area contributed by atoms with E-state index in [-0.39, 0.29) is 24.1 Å². The number of Topliss-reactive ketones (excluding diaryl/α,β-unsaturated/α-hetero) is 1. The zero-order chi connectivity index (χ0) is 25.2. The number of terminal acetylenes is 1. The van der Waals surface area contributed by atoms with Crippen molar-refractivity contribution in [2.24, 2.45) is 4.99 Å². The van der Waals surface area contributed by atoms with Gasteiger partial charge in [0, 0.05) is 30.6 Å². The van der Waals surface area contributed by atoms with Gasteiger partial charge < -0.3 is 19.4 Å². The highest BCUT2D eigenvalue weighted by Gasteiger charge is 2.28. The van der Waals surface area contributed by atoms with Crippen molar-refractivity contribution in [2.75, 3.05) is 36.5 Å². The number of benzene rings is 2. The second-order valence-corrected chi connectivity index (χ2v) is 9.50. The zero-order valence-electron chi connectivity index (χ0n) is 19.8. The quantitative estimate of drug-likeness (QED) is 0.407. The third kappa shape index (κ3) is 4.62. The van der Waals surface area contributed by atoms with Crippen LogP contribution in [0.1, 0.15) is 21.7 Å². The summed E-state index contributed by atoms with van der Waals surface area (Å²) in [5.41, 5.74) is 4.02. The summed E-state index contributed by atoms with van der Waals surface area (Å²) >= 11 is 1.40. The number of aromatic nitrogens is 3. The summed E-state index contributed by atoms with van der Waals surface area (Å²) in [6.45, 7) is 2.67. The molecule has 0 radical (unpaired) electrons. The Morgan fingerprint density at radius 1 is 1.05 bits per heavy atom. The van der Waals surface area contributed by atoms with Gasteiger partial charge in [-0.05, 0) is 11.5 Å². The van der Waals surface area contributed by atoms with Gasteiger partial charge in [-0.25, -0.2) is 4.98 Å². The van der Waals surface area contributed by atoms with Crippen LogP contribution in [-0.4, -0.2) is 59.1 Å². The van der Waals surface area contributed by atoms with E-state index < -0.39 is 6.17 Å². The SMILES string of the molecule is C#Cc1nc(-c2nnc(N[C@H]3N=C(c4ccccc4)c4ccccc4CC3=O)o2)c(N2CCOCC2)s1. The van der Waals surface area contributed by atoms with Gasteiger partial charge in [0.2, 0.25) is 0 Å². The lowest BCUT2D eigenvalue weighted by Crippen LogP contribution is -2.35. The van der Waals surface area contributed by atoms with E-state index in [0.29, 0.717) is 37.0 Å². The van der Waals surface area contributed by atoms with E-state index in [4.69, 9.17) is 20.6 Å². The summed E-state index contributed by atoms with van der Waals surface area (Å²) in [5.74, 6) is 2.71. The third-order valence-electron chi connectivity index (χ3n) is 6.17. The number of ketones is 1. The Morgan fingerprint density at radius 2 is 1.84 bits per heavy atom. The highest BCUT2D eigenvalue weighted by Crippen LogP contribution is 2.36. The summed E-state index contributed by atoms with van der Waals surface area (Å²) in [4.78, 5) is 24.7. The van der Waals surface area contributed by atoms with Crippen molar-refractivity contribution in [3.63, 3.8) is 0 Å². The molecule has 0 unspecified atom stereocenters. The number of hydrogen-bond donors (Lipinski definition) is 1. The summed E-state index contributed by atoms with van der Waals surface area (Å²) < 4.78 is 11.4. The number of morpholine rings is 1. The van der Waals surface area contributed by atoms with Gasteiger partial charge in [-0.15, -0.1) is 11.5 Å². The van der Waals surface area contributed by atoms with E-state index in [1.165, 1.54) is 11.3 Å². The highest BCUT2D eigenvalue weighted by atomic mass is 32.1. The van der Waals surface area contributed by atoms with Crippen LogP contribution in [0, 0.1) is 12.3 Å². The predicted octanol–water partition coefficient (Wildman–Crippen LogP) is 3.41. The molecule has 184 valence electrons. The van der Waals surface area contributed by atoms with Crippen LogP contribution in [0.15, 0.2) is 64.0 Å². The molecule has 0 amide bonds. The van der Waals surface area contributed by atoms with E-state index in [2.05, 4.69) is 31.3 Å². The molecular formula is C27H22N6O3S. The van der Waals surface area contributed by atoms with Crippen LogP contribution in [0.2, 0.25) is 0 Å². The first-order valence-corrected chi connectivity index (χ1v) is 12.7. The fourth-order valence-electron chi connectivity index (χ4n) is 4.39. The maximum absolute atomic E-state index is 13.2. The molecule has 2 aromatic carbocycles. The van der Waals surface area contributed by atoms with Gasteiger partial charge in [0.15, 0.2) is 22.7 Å². The number of nitrogens with one attached hydrogen (secondary N) is 1. The second-order valence-electron chi connectivity index (χ2n) is 8.52. The van der Waals surface area contributed by atoms with Crippen LogP contribution in [0.4, 0.5) is 11.0 Å². The van der Waals surface area contributed by atoms with Gasteiger partial charge in [-0.1, -0.05) is 71.0 Å². The molecule has 0 bridgehead atoms. The fraction of sp³-hybridized carbons (Fsp3) is 0.222. The van der Waals surface area contributed by atoms with E-state index >= 15 is 0 Å². The molecule has 37 heavy (non-hydrogen) atoms. The standard InChI is InChI=1S/C27H22N6O3S/c1-2-21-28-23(26(37-21)33-12-14-35-15-13-33)25-31-32-27(36-25)30-24-20(34)16-18-10-6-7-11-19(18)22(29-24)17-8-4-3-5-9-17/h1,3-11,24H,12-16H2,(H,30,32)/t24-/m1/s1. The molecule has 1 saturated heterocycles. The lowest BCUT2D eigenvalue weighted by molar-refractivity contribution is -0.119. The Bertz CT molecular complexity index is 1510. The minimum Gasteiger partial charge on any atom is -0.402 e. The number of thiazole rings is 1. The molecule has 10 heteroatoms. The van der Waals surface area contributed by atoms with Crippen LogP contribution in [-0.2, 0) is 16.0 Å². The van der Waals surface area contributed by atoms with Crippen molar-refractivity contribution in [1.82, 2.24) is 15.2 Å². The van der Waals surface area contributed by atoms with Crippen LogP contribution in [0.5, 0.6) is 0 Å². The van der Waals surface area contributed by atoms with Crippen molar-refractivity contribution in [2.45, 2.75) is 12.6 Å². The van der Waals surface area contributed by atoms with Gasteiger partial charge >= 0.3 is 6.01 Å². The minimum atomic E-state index is -0.897. The van der Waals surface area contributed by atoms with Crippen molar-refractivity contribution in [1.29, 1.82) is 0 Å². The van der Waals surface area contributed by atoms with Crippen LogP contribution < -0.4 is 10.2 Å². The largest absolute Gasteiger partial charge is 0.402 e. The number of fused-ring (bicyclic) bond motifs is 1. The van der Waals surface area contributed by atoms with Gasteiger partial charge in [-0.3, -0.25) is 9.79 Å². The molecule has 0 aliphatic carbocycles. The topological polar surface area (TPSA) is 106 Å². The zero-order valence-corrected chi connectivity index (χ0v) is 20.6. The Kier molecular flexibility index (Phi) is 6.22. The van der Waals surface area contributed by atoms with Crippen molar-refractivity contribution in [3.8, 4) is 23.9 Å². The Morgan fingerprint density at radius 3 is 2.65 bits per heavy atom. The molecule has 0 saturated carbocycles. The fourth-order valence-corrected chi connectivity index (χ4v) is 5.31. The van der Waals surface area contributed by atoms with E-state index in [9.17, 15) is 4.79 Å². The molecule has 6 rings (SSSR count). The van der Waals surface area contributed by atoms with Crippen LogP contribution in [0.3, 0.4) is 0 Å². The number of rotatable bonds is 5. The number of aliphatic imine (C=N–C) groups is 1. The van der Waals surface area contributed by atoms with Crippen LogP contribution >= 0.6 is 11.3 Å². The summed E-state index contributed by atoms with van der Waals surface area (Å²) in [7, 11) is 0. The Hall–Kier alpha value is -4.33. The van der Waals surface area contributed by atoms with Crippen LogP contribution in [0.25, 0.3) is 11.6 Å². The molecule has 2 aliphatic heterocycles. The predicted molar refractivity (Wildman–Crippen MR) is 141 cm³/mol. The Balaban J connectivity index is 1.32. The summed E-state index contributed by atoms with van der Waals surface area (Å²) in [6, 6.07) is 17.7. The van der Waals surface area contributed by atoms with Gasteiger partial charge in [0.1, 0.15) is 5.00 Å². The first kappa shape index (κ1) is 23.1. The van der Waals surface area contributed by atoms with Crippen molar-refractivity contribution >= 4 is 33.8 Å². The number of nitrogens with zero attached hydrogens (tertiary/aromatic N) is 5. The first-order valence-electron chi connectivity index (χ1n) is 11.8. The summed E-state index contributed by atoms with van der Waals surface area (Å²) in [6.07, 6.45) is 4.95. The molecule has 2 aliphatic rings. The smallest absolute Gasteiger partial charge is 0.317 e. The van der Waals surface area contributed by atoms with Gasteiger partial charge in [0.05, 0.1) is 18.9 Å². The second kappa shape index (κ2) is 9.97. The first-order chi connectivity index (χ1) is 18.2. The molecule has 0 spiro atoms. The molecule has 1 fully saturated rings. The normalized spacial score (nSPS) is 17.5. The molecule has 9 nitrogen and oxygen atoms in total. The number of ether oxygens (including phenoxy) is 1. The lowest BCUT2D eigenvalue weighted by Gasteiger charge is -2.27. The third-order valence-corrected chi connectivity index (χ3v) is 7.21. The Labute approximate surface area is 217 Å². The van der Waals surface area contributed by atoms with E-state index in [0.717, 1.165) is 27.4 Å². The highest BCUT2D eigenvalue weighted by molar-refractivity contribution is 7.16. The molecule has 4 heterocycles. The molecule has 2 aromatic heterocycles. The molecule has 4 aromatic rings. The number of carbonyl (C=O) groups is 1. The lowest BCUT2D eigenvalue weighted by atomic mass is 9.96. The number of carbonyl (C=O) groups excluding carboxylic acids is 1. The van der Waals surface area contributed by atoms with Gasteiger partial charge in [0.25, 0.3) is 5.89 Å². The molecule has 1 atom stereocenters. The number of anilines is 2. The number of hydrogen-bond acceptors (Lipinski definition) is 10. The van der Waals surface area contributed by atoms with E-state index in [1.807, 2.05) is 54.6 Å². The van der Waals surface area contributed by atoms with Crippen molar-refractivity contribution in [3.05, 3.63) is 76.3 Å². The maximum Gasteiger partial charge on any atom is 0.317 e. The molecular weight excluding hydrogens is 488 g/mol. The maximum atomic E-state index is 13.2. The van der Waals surface area contributed by atoms with Crippen molar-refractivity contribution < 1.29 is 13.9 Å². The summed E-state index contributed by atoms with van der Waals surface area (Å²) in [5, 5.41) is 12.8. The van der Waals surface area contributed by atoms with E-state index in [1.54, 1.807) is 0 Å². The monoisotopic (exact) mass is 510 g/mol. The average molecular weight is 511 g/mol. The minimum absolute atomic E-state index is 0.0821.